The van der Waals surface area contributed by atoms with Crippen LogP contribution in [0.1, 0.15) is 26.2 Å². The van der Waals surface area contributed by atoms with Gasteiger partial charge in [-0.15, -0.1) is 0 Å². The minimum atomic E-state index is -0.487. The highest BCUT2D eigenvalue weighted by Crippen LogP contribution is 2.37. The fraction of sp³-hybridized carbons (Fsp3) is 0.423. The summed E-state index contributed by atoms with van der Waals surface area (Å²) in [6.45, 7) is 4.74. The SMILES string of the molecule is CC1CN(CCCOc2cc3c(Nc4ccc(F)c(Cl)c4)ncnc3cc2OCC2CC2)CC(=O)O1. The smallest absolute Gasteiger partial charge is 0.320 e. The standard InChI is InChI=1S/C26H28ClFN4O4/c1-16-12-32(13-25(33)36-16)7-2-8-34-23-10-19-22(11-24(23)35-14-17-3-4-17)29-15-30-26(19)31-18-5-6-21(28)20(27)9-18/h5-6,9-11,15-17H,2-4,7-8,12-14H2,1H3,(H,29,30,31). The van der Waals surface area contributed by atoms with Crippen LogP contribution in [-0.2, 0) is 9.53 Å². The molecule has 1 aromatic heterocycles. The number of ether oxygens (including phenoxy) is 3. The zero-order chi connectivity index (χ0) is 25.1. The minimum Gasteiger partial charge on any atom is -0.490 e. The average Bonchev–Trinajstić information content (AvgIpc) is 3.67. The van der Waals surface area contributed by atoms with Crippen LogP contribution in [-0.4, -0.2) is 59.8 Å². The van der Waals surface area contributed by atoms with E-state index >= 15 is 0 Å². The summed E-state index contributed by atoms with van der Waals surface area (Å²) in [4.78, 5) is 22.5. The second-order valence-corrected chi connectivity index (χ2v) is 9.69. The number of hydrogen-bond acceptors (Lipinski definition) is 8. The summed E-state index contributed by atoms with van der Waals surface area (Å²) in [6.07, 6.45) is 4.46. The van der Waals surface area contributed by atoms with Crippen molar-refractivity contribution < 1.29 is 23.4 Å². The molecule has 5 rings (SSSR count). The van der Waals surface area contributed by atoms with E-state index in [1.807, 2.05) is 19.1 Å². The van der Waals surface area contributed by atoms with Crippen LogP contribution < -0.4 is 14.8 Å². The van der Waals surface area contributed by atoms with E-state index < -0.39 is 5.82 Å². The molecule has 2 fully saturated rings. The van der Waals surface area contributed by atoms with Crippen molar-refractivity contribution in [3.63, 3.8) is 0 Å². The Morgan fingerprint density at radius 1 is 1.19 bits per heavy atom. The number of benzene rings is 2. The van der Waals surface area contributed by atoms with Crippen LogP contribution in [0.4, 0.5) is 15.9 Å². The monoisotopic (exact) mass is 514 g/mol. The number of carbonyl (C=O) groups is 1. The molecular formula is C26H28ClFN4O4. The number of morpholine rings is 1. The lowest BCUT2D eigenvalue weighted by Crippen LogP contribution is -2.44. The maximum absolute atomic E-state index is 13.6. The summed E-state index contributed by atoms with van der Waals surface area (Å²) in [7, 11) is 0. The number of cyclic esters (lactones) is 1. The van der Waals surface area contributed by atoms with E-state index in [0.29, 0.717) is 54.2 Å². The van der Waals surface area contributed by atoms with Crippen molar-refractivity contribution in [2.45, 2.75) is 32.3 Å². The van der Waals surface area contributed by atoms with Crippen molar-refractivity contribution in [2.75, 3.05) is 38.2 Å². The van der Waals surface area contributed by atoms with Crippen molar-refractivity contribution in [3.8, 4) is 11.5 Å². The Kier molecular flexibility index (Phi) is 7.38. The fourth-order valence-corrected chi connectivity index (χ4v) is 4.32. The molecule has 36 heavy (non-hydrogen) atoms. The highest BCUT2D eigenvalue weighted by atomic mass is 35.5. The fourth-order valence-electron chi connectivity index (χ4n) is 4.14. The van der Waals surface area contributed by atoms with E-state index in [1.54, 1.807) is 6.07 Å². The molecule has 1 saturated carbocycles. The lowest BCUT2D eigenvalue weighted by atomic mass is 10.2. The zero-order valence-electron chi connectivity index (χ0n) is 20.0. The summed E-state index contributed by atoms with van der Waals surface area (Å²) in [5, 5.41) is 3.95. The average molecular weight is 515 g/mol. The predicted octanol–water partition coefficient (Wildman–Crippen LogP) is 4.97. The van der Waals surface area contributed by atoms with Crippen LogP contribution in [0.25, 0.3) is 10.9 Å². The van der Waals surface area contributed by atoms with E-state index in [0.717, 1.165) is 24.9 Å². The first kappa shape index (κ1) is 24.5. The topological polar surface area (TPSA) is 85.8 Å². The van der Waals surface area contributed by atoms with Crippen molar-refractivity contribution in [1.29, 1.82) is 0 Å². The Bertz CT molecular complexity index is 1260. The zero-order valence-corrected chi connectivity index (χ0v) is 20.8. The summed E-state index contributed by atoms with van der Waals surface area (Å²) < 4.78 is 31.0. The third-order valence-corrected chi connectivity index (χ3v) is 6.42. The molecule has 3 aromatic rings. The molecule has 0 radical (unpaired) electrons. The summed E-state index contributed by atoms with van der Waals surface area (Å²) in [6, 6.07) is 8.13. The largest absolute Gasteiger partial charge is 0.490 e. The molecule has 0 bridgehead atoms. The normalized spacial score (nSPS) is 18.2. The van der Waals surface area contributed by atoms with Gasteiger partial charge < -0.3 is 19.5 Å². The molecule has 0 spiro atoms. The molecule has 1 aliphatic heterocycles. The third kappa shape index (κ3) is 6.14. The van der Waals surface area contributed by atoms with Gasteiger partial charge in [-0.1, -0.05) is 11.6 Å². The molecule has 1 saturated heterocycles. The molecule has 1 N–H and O–H groups in total. The van der Waals surface area contributed by atoms with Crippen LogP contribution in [0.3, 0.4) is 0 Å². The van der Waals surface area contributed by atoms with Gasteiger partial charge in [0.1, 0.15) is 24.1 Å². The van der Waals surface area contributed by atoms with E-state index in [4.69, 9.17) is 25.8 Å². The number of fused-ring (bicyclic) bond motifs is 1. The number of nitrogens with one attached hydrogen (secondary N) is 1. The molecule has 2 aliphatic rings. The van der Waals surface area contributed by atoms with Crippen LogP contribution in [0, 0.1) is 11.7 Å². The first-order chi connectivity index (χ1) is 17.4. The molecule has 1 atom stereocenters. The lowest BCUT2D eigenvalue weighted by Gasteiger charge is -2.30. The molecule has 1 aliphatic carbocycles. The Balaban J connectivity index is 1.33. The van der Waals surface area contributed by atoms with Crippen molar-refractivity contribution in [2.24, 2.45) is 5.92 Å². The molecular weight excluding hydrogens is 487 g/mol. The van der Waals surface area contributed by atoms with Crippen molar-refractivity contribution in [3.05, 3.63) is 47.5 Å². The van der Waals surface area contributed by atoms with Crippen LogP contribution in [0.15, 0.2) is 36.7 Å². The van der Waals surface area contributed by atoms with Gasteiger partial charge in [-0.3, -0.25) is 9.69 Å². The van der Waals surface area contributed by atoms with Gasteiger partial charge in [-0.05, 0) is 56.4 Å². The number of esters is 1. The molecule has 190 valence electrons. The molecule has 8 nitrogen and oxygen atoms in total. The highest BCUT2D eigenvalue weighted by molar-refractivity contribution is 6.31. The van der Waals surface area contributed by atoms with Gasteiger partial charge >= 0.3 is 5.97 Å². The van der Waals surface area contributed by atoms with Gasteiger partial charge in [-0.2, -0.15) is 0 Å². The predicted molar refractivity (Wildman–Crippen MR) is 135 cm³/mol. The molecule has 2 heterocycles. The number of hydrogen-bond donors (Lipinski definition) is 1. The first-order valence-corrected chi connectivity index (χ1v) is 12.5. The van der Waals surface area contributed by atoms with Gasteiger partial charge in [0.15, 0.2) is 11.5 Å². The van der Waals surface area contributed by atoms with E-state index in [9.17, 15) is 9.18 Å². The summed E-state index contributed by atoms with van der Waals surface area (Å²) in [5.74, 6) is 1.69. The van der Waals surface area contributed by atoms with Crippen LogP contribution in [0.5, 0.6) is 11.5 Å². The number of rotatable bonds is 10. The maximum atomic E-state index is 13.6. The van der Waals surface area contributed by atoms with E-state index in [-0.39, 0.29) is 17.1 Å². The quantitative estimate of drug-likeness (QED) is 0.300. The van der Waals surface area contributed by atoms with Crippen LogP contribution in [0.2, 0.25) is 5.02 Å². The molecule has 2 aromatic carbocycles. The summed E-state index contributed by atoms with van der Waals surface area (Å²) >= 11 is 5.94. The molecule has 10 heteroatoms. The van der Waals surface area contributed by atoms with Gasteiger partial charge in [0.2, 0.25) is 0 Å². The highest BCUT2D eigenvalue weighted by Gasteiger charge is 2.24. The first-order valence-electron chi connectivity index (χ1n) is 12.1. The maximum Gasteiger partial charge on any atom is 0.320 e. The molecule has 0 amide bonds. The number of aromatic nitrogens is 2. The molecule has 1 unspecified atom stereocenters. The Morgan fingerprint density at radius 2 is 2.03 bits per heavy atom. The number of halogens is 2. The Hall–Kier alpha value is -3.17. The number of carbonyl (C=O) groups excluding carboxylic acids is 1. The van der Waals surface area contributed by atoms with Crippen LogP contribution >= 0.6 is 11.6 Å². The summed E-state index contributed by atoms with van der Waals surface area (Å²) in [5.41, 5.74) is 1.30. The van der Waals surface area contributed by atoms with Gasteiger partial charge in [0, 0.05) is 30.2 Å². The number of anilines is 2. The van der Waals surface area contributed by atoms with Gasteiger partial charge in [0.25, 0.3) is 0 Å². The van der Waals surface area contributed by atoms with Crippen molar-refractivity contribution in [1.82, 2.24) is 14.9 Å². The second kappa shape index (κ2) is 10.8. The van der Waals surface area contributed by atoms with Gasteiger partial charge in [-0.25, -0.2) is 14.4 Å². The Morgan fingerprint density at radius 3 is 2.81 bits per heavy atom. The number of nitrogens with zero attached hydrogens (tertiary/aromatic N) is 3. The van der Waals surface area contributed by atoms with Gasteiger partial charge in [0.05, 0.1) is 30.3 Å². The second-order valence-electron chi connectivity index (χ2n) is 9.28. The van der Waals surface area contributed by atoms with E-state index in [2.05, 4.69) is 20.2 Å². The lowest BCUT2D eigenvalue weighted by molar-refractivity contribution is -0.157. The van der Waals surface area contributed by atoms with Crippen molar-refractivity contribution >= 4 is 40.0 Å². The minimum absolute atomic E-state index is 0.0227. The third-order valence-electron chi connectivity index (χ3n) is 6.13. The van der Waals surface area contributed by atoms with E-state index in [1.165, 1.54) is 31.3 Å². The Labute approximate surface area is 213 Å².